The molecule has 2 aromatic rings. The summed E-state index contributed by atoms with van der Waals surface area (Å²) >= 11 is 3.12. The number of carbonyl (C=O) groups is 1. The fourth-order valence-corrected chi connectivity index (χ4v) is 3.25. The summed E-state index contributed by atoms with van der Waals surface area (Å²) in [6.45, 7) is 0. The Morgan fingerprint density at radius 1 is 1.33 bits per heavy atom. The van der Waals surface area contributed by atoms with Gasteiger partial charge < -0.3 is 10.8 Å². The number of carboxylic acid groups (broad SMARTS) is 1. The third-order valence-corrected chi connectivity index (χ3v) is 4.62. The Balaban J connectivity index is 2.41. The fourth-order valence-electron chi connectivity index (χ4n) is 1.59. The van der Waals surface area contributed by atoms with Crippen molar-refractivity contribution in [3.63, 3.8) is 0 Å². The molecule has 110 valence electrons. The number of nitrogen functional groups attached to an aromatic ring is 1. The van der Waals surface area contributed by atoms with Gasteiger partial charge in [-0.05, 0) is 46.3 Å². The van der Waals surface area contributed by atoms with Gasteiger partial charge in [-0.15, -0.1) is 0 Å². The molecular formula is C12H10BrN3O4S. The lowest BCUT2D eigenvalue weighted by atomic mass is 10.2. The monoisotopic (exact) mass is 371 g/mol. The standard InChI is InChI=1S/C12H10BrN3O4S/c13-11-9(2-1-5-15-11)16-21(19,20)10-4-3-7(12(17)18)6-8(10)14/h1-6,16H,14H2,(H,17,18). The molecule has 7 nitrogen and oxygen atoms in total. The lowest BCUT2D eigenvalue weighted by Crippen LogP contribution is -2.16. The number of pyridine rings is 1. The van der Waals surface area contributed by atoms with Crippen LogP contribution in [0.15, 0.2) is 46.0 Å². The third-order valence-electron chi connectivity index (χ3n) is 2.55. The number of benzene rings is 1. The van der Waals surface area contributed by atoms with Crippen LogP contribution in [0.1, 0.15) is 10.4 Å². The molecule has 4 N–H and O–H groups in total. The maximum Gasteiger partial charge on any atom is 0.335 e. The zero-order valence-corrected chi connectivity index (χ0v) is 12.8. The molecule has 0 atom stereocenters. The van der Waals surface area contributed by atoms with Crippen LogP contribution < -0.4 is 10.5 Å². The molecule has 0 aliphatic carbocycles. The van der Waals surface area contributed by atoms with Gasteiger partial charge in [0.05, 0.1) is 16.9 Å². The van der Waals surface area contributed by atoms with Gasteiger partial charge >= 0.3 is 5.97 Å². The number of carboxylic acids is 1. The number of nitrogens with zero attached hydrogens (tertiary/aromatic N) is 1. The number of anilines is 2. The Kier molecular flexibility index (Phi) is 4.14. The maximum absolute atomic E-state index is 12.3. The minimum absolute atomic E-state index is 0.0889. The molecule has 1 aromatic heterocycles. The number of aromatic carboxylic acids is 1. The van der Waals surface area contributed by atoms with E-state index in [-0.39, 0.29) is 21.8 Å². The number of hydrogen-bond donors (Lipinski definition) is 3. The van der Waals surface area contributed by atoms with Crippen LogP contribution in [0.2, 0.25) is 0 Å². The minimum atomic E-state index is -3.95. The molecule has 0 aliphatic rings. The van der Waals surface area contributed by atoms with Crippen LogP contribution >= 0.6 is 15.9 Å². The van der Waals surface area contributed by atoms with Crippen LogP contribution in [0.4, 0.5) is 11.4 Å². The van der Waals surface area contributed by atoms with E-state index in [1.807, 2.05) is 0 Å². The molecule has 0 aliphatic heterocycles. The number of sulfonamides is 1. The van der Waals surface area contributed by atoms with E-state index in [1.54, 1.807) is 6.07 Å². The molecule has 1 heterocycles. The highest BCUT2D eigenvalue weighted by molar-refractivity contribution is 9.10. The summed E-state index contributed by atoms with van der Waals surface area (Å²) < 4.78 is 27.2. The van der Waals surface area contributed by atoms with E-state index in [1.165, 1.54) is 18.3 Å². The molecule has 9 heteroatoms. The van der Waals surface area contributed by atoms with Crippen molar-refractivity contribution in [1.29, 1.82) is 0 Å². The molecule has 21 heavy (non-hydrogen) atoms. The second-order valence-corrected chi connectivity index (χ2v) is 6.41. The largest absolute Gasteiger partial charge is 0.478 e. The van der Waals surface area contributed by atoms with Gasteiger partial charge in [0.2, 0.25) is 0 Å². The lowest BCUT2D eigenvalue weighted by molar-refractivity contribution is 0.0697. The van der Waals surface area contributed by atoms with Crippen LogP contribution in [-0.4, -0.2) is 24.5 Å². The van der Waals surface area contributed by atoms with Gasteiger partial charge in [-0.3, -0.25) is 4.72 Å². The second kappa shape index (κ2) is 5.70. The molecule has 0 spiro atoms. The number of halogens is 1. The van der Waals surface area contributed by atoms with Crippen LogP contribution in [-0.2, 0) is 10.0 Å². The van der Waals surface area contributed by atoms with E-state index in [0.717, 1.165) is 12.1 Å². The Morgan fingerprint density at radius 2 is 2.05 bits per heavy atom. The molecule has 0 fully saturated rings. The molecule has 2 rings (SSSR count). The first-order valence-corrected chi connectivity index (χ1v) is 7.85. The normalized spacial score (nSPS) is 11.1. The second-order valence-electron chi connectivity index (χ2n) is 4.01. The first kappa shape index (κ1) is 15.3. The van der Waals surface area contributed by atoms with E-state index in [2.05, 4.69) is 25.6 Å². The van der Waals surface area contributed by atoms with E-state index in [9.17, 15) is 13.2 Å². The lowest BCUT2D eigenvalue weighted by Gasteiger charge is -2.11. The molecule has 0 radical (unpaired) electrons. The van der Waals surface area contributed by atoms with E-state index in [4.69, 9.17) is 10.8 Å². The Morgan fingerprint density at radius 3 is 2.62 bits per heavy atom. The van der Waals surface area contributed by atoms with Crippen LogP contribution in [0.5, 0.6) is 0 Å². The fraction of sp³-hybridized carbons (Fsp3) is 0. The Labute approximate surface area is 129 Å². The van der Waals surface area contributed by atoms with Gasteiger partial charge in [0.1, 0.15) is 9.50 Å². The predicted octanol–water partition coefficient (Wildman–Crippen LogP) is 1.93. The number of hydrogen-bond acceptors (Lipinski definition) is 5. The SMILES string of the molecule is Nc1cc(C(=O)O)ccc1S(=O)(=O)Nc1cccnc1Br. The van der Waals surface area contributed by atoms with E-state index in [0.29, 0.717) is 4.60 Å². The first-order chi connectivity index (χ1) is 9.81. The van der Waals surface area contributed by atoms with Crippen molar-refractivity contribution in [3.8, 4) is 0 Å². The molecule has 0 bridgehead atoms. The topological polar surface area (TPSA) is 122 Å². The Bertz CT molecular complexity index is 808. The van der Waals surface area contributed by atoms with E-state index < -0.39 is 16.0 Å². The highest BCUT2D eigenvalue weighted by Crippen LogP contribution is 2.25. The van der Waals surface area contributed by atoms with Crippen LogP contribution in [0.3, 0.4) is 0 Å². The summed E-state index contributed by atoms with van der Waals surface area (Å²) in [5.74, 6) is -1.19. The van der Waals surface area contributed by atoms with Crippen LogP contribution in [0, 0.1) is 0 Å². The first-order valence-electron chi connectivity index (χ1n) is 5.57. The average molecular weight is 372 g/mol. The van der Waals surface area contributed by atoms with Crippen molar-refractivity contribution in [1.82, 2.24) is 4.98 Å². The molecular weight excluding hydrogens is 362 g/mol. The number of aromatic nitrogens is 1. The van der Waals surface area contributed by atoms with Gasteiger partial charge in [0.25, 0.3) is 10.0 Å². The highest BCUT2D eigenvalue weighted by Gasteiger charge is 2.20. The number of rotatable bonds is 4. The van der Waals surface area contributed by atoms with E-state index >= 15 is 0 Å². The highest BCUT2D eigenvalue weighted by atomic mass is 79.9. The summed E-state index contributed by atoms with van der Waals surface area (Å²) in [5, 5.41) is 8.84. The Hall–Kier alpha value is -2.13. The molecule has 0 unspecified atom stereocenters. The number of nitrogens with one attached hydrogen (secondary N) is 1. The molecule has 0 amide bonds. The van der Waals surface area contributed by atoms with Gasteiger partial charge in [-0.25, -0.2) is 18.2 Å². The maximum atomic E-state index is 12.3. The predicted molar refractivity (Wildman–Crippen MR) is 80.6 cm³/mol. The van der Waals surface area contributed by atoms with Gasteiger partial charge in [-0.1, -0.05) is 0 Å². The van der Waals surface area contributed by atoms with Crippen molar-refractivity contribution in [2.75, 3.05) is 10.5 Å². The molecule has 1 aromatic carbocycles. The zero-order valence-electron chi connectivity index (χ0n) is 10.4. The smallest absolute Gasteiger partial charge is 0.335 e. The summed E-state index contributed by atoms with van der Waals surface area (Å²) in [5.41, 5.74) is 5.64. The molecule has 0 saturated carbocycles. The van der Waals surface area contributed by atoms with Gasteiger partial charge in [-0.2, -0.15) is 0 Å². The minimum Gasteiger partial charge on any atom is -0.478 e. The summed E-state index contributed by atoms with van der Waals surface area (Å²) in [6, 6.07) is 6.50. The van der Waals surface area contributed by atoms with Crippen molar-refractivity contribution in [2.24, 2.45) is 0 Å². The quantitative estimate of drug-likeness (QED) is 0.557. The van der Waals surface area contributed by atoms with Crippen LogP contribution in [0.25, 0.3) is 0 Å². The van der Waals surface area contributed by atoms with Crippen molar-refractivity contribution in [2.45, 2.75) is 4.90 Å². The summed E-state index contributed by atoms with van der Waals surface area (Å²) in [4.78, 5) is 14.5. The van der Waals surface area contributed by atoms with Crippen molar-refractivity contribution in [3.05, 3.63) is 46.7 Å². The summed E-state index contributed by atoms with van der Waals surface area (Å²) in [6.07, 6.45) is 1.50. The van der Waals surface area contributed by atoms with Gasteiger partial charge in [0.15, 0.2) is 0 Å². The zero-order chi connectivity index (χ0) is 15.6. The van der Waals surface area contributed by atoms with Crippen molar-refractivity contribution < 1.29 is 18.3 Å². The molecule has 0 saturated heterocycles. The third kappa shape index (κ3) is 3.31. The van der Waals surface area contributed by atoms with Crippen molar-refractivity contribution >= 4 is 43.3 Å². The average Bonchev–Trinajstić information content (AvgIpc) is 2.40. The van der Waals surface area contributed by atoms with Gasteiger partial charge in [0, 0.05) is 6.20 Å². The summed E-state index contributed by atoms with van der Waals surface area (Å²) in [7, 11) is -3.95. The number of nitrogens with two attached hydrogens (primary N) is 1.